The van der Waals surface area contributed by atoms with Crippen LogP contribution in [0.15, 0.2) is 24.5 Å². The highest BCUT2D eigenvalue weighted by Crippen LogP contribution is 2.41. The van der Waals surface area contributed by atoms with Gasteiger partial charge in [0.1, 0.15) is 5.01 Å². The second-order valence-corrected chi connectivity index (χ2v) is 8.09. The van der Waals surface area contributed by atoms with E-state index in [1.165, 1.54) is 11.3 Å². The molecule has 2 aromatic heterocycles. The van der Waals surface area contributed by atoms with E-state index in [4.69, 9.17) is 18.1 Å². The molecule has 2 heterocycles. The van der Waals surface area contributed by atoms with Gasteiger partial charge in [0.05, 0.1) is 10.9 Å². The minimum absolute atomic E-state index is 0.107. The lowest BCUT2D eigenvalue weighted by Crippen LogP contribution is -2.29. The summed E-state index contributed by atoms with van der Waals surface area (Å²) < 4.78 is 0. The van der Waals surface area contributed by atoms with E-state index >= 15 is 0 Å². The second-order valence-electron chi connectivity index (χ2n) is 6.59. The number of carbonyl (C=O) groups excluding carboxylic acids is 1. The van der Waals surface area contributed by atoms with Gasteiger partial charge in [-0.1, -0.05) is 29.6 Å². The number of anilines is 1. The first-order valence-electron chi connectivity index (χ1n) is 8.60. The van der Waals surface area contributed by atoms with Gasteiger partial charge in [-0.15, -0.1) is 10.2 Å². The number of hydrogen-bond donors (Lipinski definition) is 3. The highest BCUT2D eigenvalue weighted by molar-refractivity contribution is 7.80. The van der Waals surface area contributed by atoms with Crippen molar-refractivity contribution in [3.8, 4) is 0 Å². The summed E-state index contributed by atoms with van der Waals surface area (Å²) in [4.78, 5) is 17.2. The number of rotatable bonds is 6. The van der Waals surface area contributed by atoms with Crippen LogP contribution in [0.25, 0.3) is 0 Å². The van der Waals surface area contributed by atoms with Crippen LogP contribution < -0.4 is 16.6 Å². The highest BCUT2D eigenvalue weighted by Gasteiger charge is 2.29. The molecule has 9 heteroatoms. The lowest BCUT2D eigenvalue weighted by Gasteiger charge is -2.10. The van der Waals surface area contributed by atoms with Crippen molar-refractivity contribution in [3.05, 3.63) is 35.1 Å². The Morgan fingerprint density at radius 1 is 1.46 bits per heavy atom. The molecule has 1 aliphatic carbocycles. The number of carbonyl (C=O) groups is 1. The van der Waals surface area contributed by atoms with E-state index in [1.54, 1.807) is 12.4 Å². The smallest absolute Gasteiger partial charge is 0.233 e. The summed E-state index contributed by atoms with van der Waals surface area (Å²) in [5, 5.41) is 12.8. The van der Waals surface area contributed by atoms with Crippen molar-refractivity contribution in [3.63, 3.8) is 0 Å². The van der Waals surface area contributed by atoms with Gasteiger partial charge in [-0.2, -0.15) is 0 Å². The van der Waals surface area contributed by atoms with Crippen molar-refractivity contribution in [1.82, 2.24) is 20.6 Å². The zero-order valence-corrected chi connectivity index (χ0v) is 16.1. The molecular weight excluding hydrogens is 368 g/mol. The number of hydrogen-bond acceptors (Lipinski definition) is 7. The first kappa shape index (κ1) is 18.8. The minimum atomic E-state index is -0.295. The van der Waals surface area contributed by atoms with Crippen LogP contribution in [0.1, 0.15) is 55.0 Å². The molecule has 4 N–H and O–H groups in total. The molecule has 1 amide bonds. The van der Waals surface area contributed by atoms with E-state index in [0.717, 1.165) is 36.3 Å². The molecule has 0 aromatic carbocycles. The summed E-state index contributed by atoms with van der Waals surface area (Å²) in [7, 11) is 0. The fourth-order valence-electron chi connectivity index (χ4n) is 3.25. The van der Waals surface area contributed by atoms with Gasteiger partial charge < -0.3 is 10.7 Å². The van der Waals surface area contributed by atoms with E-state index in [2.05, 4.69) is 25.9 Å². The molecular formula is C17H22N6OS2. The Labute approximate surface area is 161 Å². The van der Waals surface area contributed by atoms with Crippen LogP contribution in [0.4, 0.5) is 5.13 Å². The number of nitrogens with two attached hydrogens (primary N) is 1. The largest absolute Gasteiger partial charge is 0.318 e. The van der Waals surface area contributed by atoms with E-state index in [0.29, 0.717) is 22.0 Å². The van der Waals surface area contributed by atoms with E-state index in [9.17, 15) is 4.79 Å². The number of hydrazine groups is 1. The summed E-state index contributed by atoms with van der Waals surface area (Å²) >= 11 is 6.60. The topological polar surface area (TPSA) is 106 Å². The number of pyridine rings is 1. The van der Waals surface area contributed by atoms with Crippen molar-refractivity contribution in [1.29, 1.82) is 0 Å². The SMILES string of the molecule is C[C@@H](C(=O)Nc1nnc([C@@H]2CC[C@H](CC(=S)NN)C2)s1)c1cccnc1. The van der Waals surface area contributed by atoms with Crippen molar-refractivity contribution in [2.24, 2.45) is 11.8 Å². The lowest BCUT2D eigenvalue weighted by molar-refractivity contribution is -0.117. The Bertz CT molecular complexity index is 766. The standard InChI is InChI=1S/C17H22N6OS2/c1-10(13-3-2-6-19-9-13)15(24)20-17-23-22-16(26-17)12-5-4-11(7-12)8-14(25)21-18/h2-3,6,9-12H,4-5,7-8,18H2,1H3,(H,21,25)(H,20,23,24)/t10-,11+,12-/m1/s1. The second kappa shape index (κ2) is 8.61. The molecule has 1 fully saturated rings. The monoisotopic (exact) mass is 390 g/mol. The van der Waals surface area contributed by atoms with Gasteiger partial charge in [0.2, 0.25) is 11.0 Å². The maximum Gasteiger partial charge on any atom is 0.233 e. The molecule has 1 saturated carbocycles. The third-order valence-corrected chi connectivity index (χ3v) is 6.06. The van der Waals surface area contributed by atoms with Gasteiger partial charge in [0.25, 0.3) is 0 Å². The van der Waals surface area contributed by atoms with E-state index < -0.39 is 0 Å². The number of amides is 1. The zero-order chi connectivity index (χ0) is 18.5. The Morgan fingerprint density at radius 3 is 3.04 bits per heavy atom. The summed E-state index contributed by atoms with van der Waals surface area (Å²) in [6.07, 6.45) is 7.40. The molecule has 3 rings (SSSR count). The summed E-state index contributed by atoms with van der Waals surface area (Å²) in [6.45, 7) is 1.85. The average Bonchev–Trinajstić information content (AvgIpc) is 3.31. The molecule has 138 valence electrons. The normalized spacial score (nSPS) is 20.5. The van der Waals surface area contributed by atoms with Crippen molar-refractivity contribution in [2.45, 2.75) is 44.4 Å². The van der Waals surface area contributed by atoms with Crippen molar-refractivity contribution >= 4 is 39.6 Å². The highest BCUT2D eigenvalue weighted by atomic mass is 32.1. The van der Waals surface area contributed by atoms with Gasteiger partial charge in [-0.25, -0.2) is 0 Å². The first-order chi connectivity index (χ1) is 12.6. The third-order valence-electron chi connectivity index (χ3n) is 4.77. The number of thiocarbonyl (C=S) groups is 1. The van der Waals surface area contributed by atoms with E-state index in [1.807, 2.05) is 19.1 Å². The molecule has 1 aliphatic rings. The molecule has 2 aromatic rings. The molecule has 26 heavy (non-hydrogen) atoms. The maximum absolute atomic E-state index is 12.4. The molecule has 0 aliphatic heterocycles. The zero-order valence-electron chi connectivity index (χ0n) is 14.5. The van der Waals surface area contributed by atoms with Crippen LogP contribution in [-0.4, -0.2) is 26.1 Å². The maximum atomic E-state index is 12.4. The van der Waals surface area contributed by atoms with Crippen LogP contribution in [0, 0.1) is 5.92 Å². The molecule has 0 saturated heterocycles. The van der Waals surface area contributed by atoms with E-state index in [-0.39, 0.29) is 11.8 Å². The minimum Gasteiger partial charge on any atom is -0.318 e. The van der Waals surface area contributed by atoms with Crippen LogP contribution in [0.3, 0.4) is 0 Å². The molecule has 0 bridgehead atoms. The summed E-state index contributed by atoms with van der Waals surface area (Å²) in [5.41, 5.74) is 3.42. The Kier molecular flexibility index (Phi) is 6.23. The Morgan fingerprint density at radius 2 is 2.31 bits per heavy atom. The van der Waals surface area contributed by atoms with Crippen molar-refractivity contribution < 1.29 is 4.79 Å². The first-order valence-corrected chi connectivity index (χ1v) is 9.83. The summed E-state index contributed by atoms with van der Waals surface area (Å²) in [6, 6.07) is 3.71. The van der Waals surface area contributed by atoms with Gasteiger partial charge in [-0.3, -0.25) is 15.6 Å². The Hall–Kier alpha value is -1.97. The third kappa shape index (κ3) is 4.60. The molecule has 0 unspecified atom stereocenters. The number of nitrogens with one attached hydrogen (secondary N) is 2. The number of nitrogens with zero attached hydrogens (tertiary/aromatic N) is 3. The van der Waals surface area contributed by atoms with Crippen LogP contribution >= 0.6 is 23.6 Å². The fourth-order valence-corrected chi connectivity index (χ4v) is 4.38. The predicted octanol–water partition coefficient (Wildman–Crippen LogP) is 2.74. The molecule has 0 spiro atoms. The van der Waals surface area contributed by atoms with Crippen LogP contribution in [0.5, 0.6) is 0 Å². The molecule has 3 atom stereocenters. The van der Waals surface area contributed by atoms with Gasteiger partial charge >= 0.3 is 0 Å². The summed E-state index contributed by atoms with van der Waals surface area (Å²) in [5.74, 6) is 5.85. The predicted molar refractivity (Wildman–Crippen MR) is 106 cm³/mol. The lowest BCUT2D eigenvalue weighted by atomic mass is 10.0. The van der Waals surface area contributed by atoms with Crippen LogP contribution in [-0.2, 0) is 4.79 Å². The molecule has 7 nitrogen and oxygen atoms in total. The Balaban J connectivity index is 1.57. The van der Waals surface area contributed by atoms with Crippen LogP contribution in [0.2, 0.25) is 0 Å². The van der Waals surface area contributed by atoms with Gasteiger partial charge in [0.15, 0.2) is 0 Å². The molecule has 0 radical (unpaired) electrons. The fraction of sp³-hybridized carbons (Fsp3) is 0.471. The van der Waals surface area contributed by atoms with Crippen molar-refractivity contribution in [2.75, 3.05) is 5.32 Å². The quantitative estimate of drug-likeness (QED) is 0.395. The number of aromatic nitrogens is 3. The van der Waals surface area contributed by atoms with Gasteiger partial charge in [-0.05, 0) is 43.7 Å². The average molecular weight is 391 g/mol. The van der Waals surface area contributed by atoms with Gasteiger partial charge in [0, 0.05) is 24.7 Å².